The third-order valence-corrected chi connectivity index (χ3v) is 4.90. The molecule has 0 aromatic heterocycles. The van der Waals surface area contributed by atoms with Gasteiger partial charge in [-0.2, -0.15) is 0 Å². The van der Waals surface area contributed by atoms with E-state index in [2.05, 4.69) is 5.32 Å². The van der Waals surface area contributed by atoms with E-state index in [1.807, 2.05) is 4.72 Å². The lowest BCUT2D eigenvalue weighted by atomic mass is 10.3. The number of nitrogens with one attached hydrogen (secondary N) is 2. The van der Waals surface area contributed by atoms with Crippen molar-refractivity contribution in [1.82, 2.24) is 4.72 Å². The molecule has 1 aromatic carbocycles. The number of urea groups is 1. The Labute approximate surface area is 111 Å². The maximum absolute atomic E-state index is 12.7. The number of hydrogen-bond donors (Lipinski definition) is 2. The minimum atomic E-state index is -3.62. The first-order valence-electron chi connectivity index (χ1n) is 6.05. The molecule has 0 bridgehead atoms. The Hall–Kier alpha value is -1.63. The first-order chi connectivity index (χ1) is 8.97. The molecule has 2 N–H and O–H groups in total. The van der Waals surface area contributed by atoms with Gasteiger partial charge in [-0.15, -0.1) is 0 Å². The van der Waals surface area contributed by atoms with E-state index >= 15 is 0 Å². The highest BCUT2D eigenvalue weighted by Crippen LogP contribution is 2.23. The summed E-state index contributed by atoms with van der Waals surface area (Å²) in [5.74, 6) is -0.426. The molecule has 1 fully saturated rings. The summed E-state index contributed by atoms with van der Waals surface area (Å²) in [6.45, 7) is 0. The third kappa shape index (κ3) is 3.66. The fourth-order valence-corrected chi connectivity index (χ4v) is 3.53. The molecule has 2 rings (SSSR count). The zero-order valence-electron chi connectivity index (χ0n) is 10.2. The van der Waals surface area contributed by atoms with Gasteiger partial charge in [-0.05, 0) is 37.1 Å². The van der Waals surface area contributed by atoms with E-state index in [1.54, 1.807) is 0 Å². The molecule has 1 aliphatic rings. The molecule has 0 unspecified atom stereocenters. The zero-order valence-corrected chi connectivity index (χ0v) is 11.0. The molecular weight excluding hydrogens is 271 g/mol. The lowest BCUT2D eigenvalue weighted by Gasteiger charge is -2.12. The second-order valence-corrected chi connectivity index (χ2v) is 6.48. The van der Waals surface area contributed by atoms with Crippen LogP contribution in [-0.4, -0.2) is 19.7 Å². The summed E-state index contributed by atoms with van der Waals surface area (Å²) in [6, 6.07) is 4.26. The summed E-state index contributed by atoms with van der Waals surface area (Å²) in [5, 5.41) is 1.86. The van der Waals surface area contributed by atoms with Gasteiger partial charge in [0.15, 0.2) is 0 Å². The Morgan fingerprint density at radius 1 is 1.16 bits per heavy atom. The molecule has 2 amide bonds. The van der Waals surface area contributed by atoms with Gasteiger partial charge in [-0.25, -0.2) is 22.3 Å². The van der Waals surface area contributed by atoms with Crippen LogP contribution in [0.25, 0.3) is 0 Å². The van der Waals surface area contributed by atoms with Gasteiger partial charge in [-0.1, -0.05) is 12.8 Å². The summed E-state index contributed by atoms with van der Waals surface area (Å²) >= 11 is 0. The van der Waals surface area contributed by atoms with Crippen LogP contribution in [0.4, 0.5) is 14.9 Å². The van der Waals surface area contributed by atoms with Gasteiger partial charge in [0, 0.05) is 5.69 Å². The van der Waals surface area contributed by atoms with Crippen LogP contribution < -0.4 is 10.0 Å². The number of benzene rings is 1. The lowest BCUT2D eigenvalue weighted by molar-refractivity contribution is 0.256. The summed E-state index contributed by atoms with van der Waals surface area (Å²) in [5.41, 5.74) is 0.334. The minimum absolute atomic E-state index is 0.334. The Bertz CT molecular complexity index is 551. The van der Waals surface area contributed by atoms with Crippen molar-refractivity contribution in [3.63, 3.8) is 0 Å². The molecule has 0 aliphatic heterocycles. The molecule has 0 radical (unpaired) electrons. The van der Waals surface area contributed by atoms with E-state index in [9.17, 15) is 17.6 Å². The van der Waals surface area contributed by atoms with Crippen LogP contribution in [0.1, 0.15) is 25.7 Å². The molecule has 0 saturated heterocycles. The minimum Gasteiger partial charge on any atom is -0.307 e. The first kappa shape index (κ1) is 13.8. The van der Waals surface area contributed by atoms with E-state index in [-0.39, 0.29) is 0 Å². The molecule has 5 nitrogen and oxygen atoms in total. The van der Waals surface area contributed by atoms with Crippen molar-refractivity contribution in [1.29, 1.82) is 0 Å². The van der Waals surface area contributed by atoms with Gasteiger partial charge in [0.1, 0.15) is 5.82 Å². The van der Waals surface area contributed by atoms with Crippen LogP contribution in [0.5, 0.6) is 0 Å². The third-order valence-electron chi connectivity index (χ3n) is 3.08. The van der Waals surface area contributed by atoms with E-state index < -0.39 is 27.1 Å². The van der Waals surface area contributed by atoms with Crippen molar-refractivity contribution in [3.8, 4) is 0 Å². The largest absolute Gasteiger partial charge is 0.332 e. The highest BCUT2D eigenvalue weighted by molar-refractivity contribution is 7.90. The number of carbonyl (C=O) groups is 1. The van der Waals surface area contributed by atoms with Crippen molar-refractivity contribution in [2.45, 2.75) is 30.9 Å². The Morgan fingerprint density at radius 3 is 2.32 bits per heavy atom. The molecule has 1 aromatic rings. The molecule has 1 aliphatic carbocycles. The van der Waals surface area contributed by atoms with E-state index in [0.717, 1.165) is 12.8 Å². The van der Waals surface area contributed by atoms with E-state index in [0.29, 0.717) is 18.5 Å². The Balaban J connectivity index is 1.95. The molecule has 19 heavy (non-hydrogen) atoms. The van der Waals surface area contributed by atoms with Crippen molar-refractivity contribution in [2.24, 2.45) is 0 Å². The molecule has 0 heterocycles. The summed E-state index contributed by atoms with van der Waals surface area (Å²) in [7, 11) is -3.62. The number of rotatable bonds is 3. The number of sulfonamides is 1. The molecular formula is C12H15FN2O3S. The monoisotopic (exact) mass is 286 g/mol. The fourth-order valence-electron chi connectivity index (χ4n) is 2.10. The zero-order chi connectivity index (χ0) is 13.9. The van der Waals surface area contributed by atoms with Crippen LogP contribution in [0.3, 0.4) is 0 Å². The predicted molar refractivity (Wildman–Crippen MR) is 69.7 cm³/mol. The van der Waals surface area contributed by atoms with Crippen molar-refractivity contribution >= 4 is 21.7 Å². The van der Waals surface area contributed by atoms with E-state index in [4.69, 9.17) is 0 Å². The van der Waals surface area contributed by atoms with Gasteiger partial charge >= 0.3 is 6.03 Å². The van der Waals surface area contributed by atoms with Gasteiger partial charge < -0.3 is 5.32 Å². The van der Waals surface area contributed by atoms with Crippen molar-refractivity contribution in [2.75, 3.05) is 5.32 Å². The van der Waals surface area contributed by atoms with Crippen LogP contribution in [0.2, 0.25) is 0 Å². The van der Waals surface area contributed by atoms with Crippen LogP contribution >= 0.6 is 0 Å². The summed E-state index contributed by atoms with van der Waals surface area (Å²) < 4.78 is 38.4. The lowest BCUT2D eigenvalue weighted by Crippen LogP contribution is -2.39. The molecule has 0 atom stereocenters. The maximum atomic E-state index is 12.7. The normalized spacial score (nSPS) is 16.3. The number of amides is 2. The van der Waals surface area contributed by atoms with Crippen LogP contribution in [0, 0.1) is 5.82 Å². The summed E-state index contributed by atoms with van der Waals surface area (Å²) in [4.78, 5) is 11.6. The second-order valence-electron chi connectivity index (χ2n) is 4.51. The Morgan fingerprint density at radius 2 is 1.74 bits per heavy atom. The number of halogens is 1. The smallest absolute Gasteiger partial charge is 0.307 e. The molecule has 0 spiro atoms. The molecule has 104 valence electrons. The Kier molecular flexibility index (Phi) is 4.04. The first-order valence-corrected chi connectivity index (χ1v) is 7.60. The van der Waals surface area contributed by atoms with Crippen LogP contribution in [-0.2, 0) is 10.0 Å². The average molecular weight is 286 g/mol. The standard InChI is InChI=1S/C12H15FN2O3S/c13-9-5-7-10(8-6-9)14-12(16)15-19(17,18)11-3-1-2-4-11/h5-8,11H,1-4H2,(H2,14,15,16). The predicted octanol–water partition coefficient (Wildman–Crippen LogP) is 2.22. The van der Waals surface area contributed by atoms with Crippen molar-refractivity contribution < 1.29 is 17.6 Å². The molecule has 7 heteroatoms. The molecule has 1 saturated carbocycles. The number of hydrogen-bond acceptors (Lipinski definition) is 3. The summed E-state index contributed by atoms with van der Waals surface area (Å²) in [6.07, 6.45) is 2.90. The second kappa shape index (κ2) is 5.56. The average Bonchev–Trinajstić information content (AvgIpc) is 2.85. The maximum Gasteiger partial charge on any atom is 0.332 e. The number of carbonyl (C=O) groups excluding carboxylic acids is 1. The van der Waals surface area contributed by atoms with Gasteiger partial charge in [0.2, 0.25) is 10.0 Å². The fraction of sp³-hybridized carbons (Fsp3) is 0.417. The van der Waals surface area contributed by atoms with Crippen molar-refractivity contribution in [3.05, 3.63) is 30.1 Å². The van der Waals surface area contributed by atoms with Gasteiger partial charge in [-0.3, -0.25) is 0 Å². The number of anilines is 1. The quantitative estimate of drug-likeness (QED) is 0.894. The highest BCUT2D eigenvalue weighted by Gasteiger charge is 2.30. The van der Waals surface area contributed by atoms with Gasteiger partial charge in [0.05, 0.1) is 5.25 Å². The van der Waals surface area contributed by atoms with Gasteiger partial charge in [0.25, 0.3) is 0 Å². The highest BCUT2D eigenvalue weighted by atomic mass is 32.2. The SMILES string of the molecule is O=C(Nc1ccc(F)cc1)NS(=O)(=O)C1CCCC1. The van der Waals surface area contributed by atoms with Crippen LogP contribution in [0.15, 0.2) is 24.3 Å². The topological polar surface area (TPSA) is 75.3 Å². The van der Waals surface area contributed by atoms with E-state index in [1.165, 1.54) is 24.3 Å².